The van der Waals surface area contributed by atoms with Gasteiger partial charge in [-0.1, -0.05) is 18.2 Å². The summed E-state index contributed by atoms with van der Waals surface area (Å²) in [5, 5.41) is 3.45. The molecule has 0 atom stereocenters. The van der Waals surface area contributed by atoms with Crippen LogP contribution in [0.25, 0.3) is 0 Å². The van der Waals surface area contributed by atoms with E-state index in [9.17, 15) is 4.39 Å². The molecule has 0 bridgehead atoms. The van der Waals surface area contributed by atoms with Crippen LogP contribution < -0.4 is 5.32 Å². The van der Waals surface area contributed by atoms with Crippen LogP contribution in [0.3, 0.4) is 0 Å². The number of benzene rings is 1. The second-order valence-corrected chi connectivity index (χ2v) is 6.16. The third-order valence-electron chi connectivity index (χ3n) is 4.76. The Balaban J connectivity index is 0.00000110. The summed E-state index contributed by atoms with van der Waals surface area (Å²) in [6.07, 6.45) is 5.17. The van der Waals surface area contributed by atoms with Crippen molar-refractivity contribution in [3.05, 3.63) is 35.6 Å². The minimum absolute atomic E-state index is 0. The van der Waals surface area contributed by atoms with Crippen molar-refractivity contribution in [3.63, 3.8) is 0 Å². The molecule has 21 heavy (non-hydrogen) atoms. The summed E-state index contributed by atoms with van der Waals surface area (Å²) in [5.74, 6) is -0.0626. The van der Waals surface area contributed by atoms with E-state index in [1.54, 1.807) is 12.1 Å². The molecule has 2 nitrogen and oxygen atoms in total. The third-order valence-corrected chi connectivity index (χ3v) is 4.76. The fourth-order valence-electron chi connectivity index (χ4n) is 3.68. The smallest absolute Gasteiger partial charge is 0.127 e. The molecule has 1 N–H and O–H groups in total. The molecule has 2 heterocycles. The molecule has 2 saturated heterocycles. The van der Waals surface area contributed by atoms with Crippen LogP contribution in [-0.4, -0.2) is 31.1 Å². The van der Waals surface area contributed by atoms with Gasteiger partial charge >= 0.3 is 0 Å². The summed E-state index contributed by atoms with van der Waals surface area (Å²) in [7, 11) is 0. The van der Waals surface area contributed by atoms with Crippen molar-refractivity contribution >= 4 is 24.8 Å². The van der Waals surface area contributed by atoms with Gasteiger partial charge in [-0.05, 0) is 56.8 Å². The lowest BCUT2D eigenvalue weighted by atomic mass is 9.73. The Morgan fingerprint density at radius 2 is 1.81 bits per heavy atom. The van der Waals surface area contributed by atoms with E-state index in [1.807, 2.05) is 12.1 Å². The molecule has 0 saturated carbocycles. The standard InChI is InChI=1S/C16H23FN2.2ClH/c17-15-5-2-1-4-14(15)12-19-11-3-6-16(13-19)7-9-18-10-8-16;;/h1-2,4-5,18H,3,6-13H2;2*1H. The highest BCUT2D eigenvalue weighted by Crippen LogP contribution is 2.38. The first kappa shape index (κ1) is 18.7. The maximum absolute atomic E-state index is 13.7. The predicted molar refractivity (Wildman–Crippen MR) is 89.9 cm³/mol. The molecule has 120 valence electrons. The second-order valence-electron chi connectivity index (χ2n) is 6.16. The minimum Gasteiger partial charge on any atom is -0.317 e. The third kappa shape index (κ3) is 4.56. The van der Waals surface area contributed by atoms with E-state index >= 15 is 0 Å². The summed E-state index contributed by atoms with van der Waals surface area (Å²) < 4.78 is 13.7. The van der Waals surface area contributed by atoms with Crippen molar-refractivity contribution in [2.75, 3.05) is 26.2 Å². The number of hydrogen-bond donors (Lipinski definition) is 1. The average molecular weight is 335 g/mol. The first-order valence-corrected chi connectivity index (χ1v) is 7.44. The Labute approximate surface area is 139 Å². The molecule has 0 amide bonds. The molecule has 0 radical (unpaired) electrons. The highest BCUT2D eigenvalue weighted by Gasteiger charge is 2.36. The summed E-state index contributed by atoms with van der Waals surface area (Å²) in [6, 6.07) is 7.19. The Kier molecular flexibility index (Phi) is 7.41. The first-order valence-electron chi connectivity index (χ1n) is 7.44. The zero-order chi connectivity index (χ0) is 13.1. The van der Waals surface area contributed by atoms with E-state index in [2.05, 4.69) is 10.2 Å². The van der Waals surface area contributed by atoms with Gasteiger partial charge < -0.3 is 5.32 Å². The molecular weight excluding hydrogens is 310 g/mol. The highest BCUT2D eigenvalue weighted by atomic mass is 35.5. The van der Waals surface area contributed by atoms with Crippen molar-refractivity contribution in [1.29, 1.82) is 0 Å². The summed E-state index contributed by atoms with van der Waals surface area (Å²) in [5.41, 5.74) is 1.34. The van der Waals surface area contributed by atoms with Crippen molar-refractivity contribution in [2.45, 2.75) is 32.2 Å². The monoisotopic (exact) mass is 334 g/mol. The molecule has 0 aromatic heterocycles. The van der Waals surface area contributed by atoms with Gasteiger partial charge in [0.05, 0.1) is 0 Å². The lowest BCUT2D eigenvalue weighted by Gasteiger charge is -2.45. The number of halogens is 3. The van der Waals surface area contributed by atoms with E-state index in [0.29, 0.717) is 5.41 Å². The van der Waals surface area contributed by atoms with Crippen LogP contribution in [0.5, 0.6) is 0 Å². The van der Waals surface area contributed by atoms with Crippen molar-refractivity contribution in [3.8, 4) is 0 Å². The summed E-state index contributed by atoms with van der Waals surface area (Å²) >= 11 is 0. The van der Waals surface area contributed by atoms with Gasteiger partial charge in [-0.25, -0.2) is 4.39 Å². The van der Waals surface area contributed by atoms with Gasteiger partial charge in [0.25, 0.3) is 0 Å². The van der Waals surface area contributed by atoms with Crippen LogP contribution in [0.4, 0.5) is 4.39 Å². The van der Waals surface area contributed by atoms with Gasteiger partial charge in [0.15, 0.2) is 0 Å². The lowest BCUT2D eigenvalue weighted by molar-refractivity contribution is 0.0545. The van der Waals surface area contributed by atoms with E-state index in [0.717, 1.165) is 38.3 Å². The van der Waals surface area contributed by atoms with E-state index < -0.39 is 0 Å². The molecular formula is C16H25Cl2FN2. The van der Waals surface area contributed by atoms with Crippen LogP contribution in [0, 0.1) is 11.2 Å². The average Bonchev–Trinajstić information content (AvgIpc) is 2.42. The largest absolute Gasteiger partial charge is 0.317 e. The Morgan fingerprint density at radius 1 is 1.10 bits per heavy atom. The van der Waals surface area contributed by atoms with Crippen LogP contribution in [0.2, 0.25) is 0 Å². The molecule has 0 aliphatic carbocycles. The van der Waals surface area contributed by atoms with Crippen molar-refractivity contribution in [1.82, 2.24) is 10.2 Å². The second kappa shape index (κ2) is 8.33. The fraction of sp³-hybridized carbons (Fsp3) is 0.625. The molecule has 2 fully saturated rings. The maximum Gasteiger partial charge on any atom is 0.127 e. The summed E-state index contributed by atoms with van der Waals surface area (Å²) in [6.45, 7) is 5.31. The molecule has 3 rings (SSSR count). The number of piperidine rings is 2. The molecule has 2 aliphatic rings. The van der Waals surface area contributed by atoms with Gasteiger partial charge in [0.1, 0.15) is 5.82 Å². The van der Waals surface area contributed by atoms with E-state index in [4.69, 9.17) is 0 Å². The molecule has 1 aromatic carbocycles. The van der Waals surface area contributed by atoms with Crippen LogP contribution in [0.1, 0.15) is 31.2 Å². The number of nitrogens with zero attached hydrogens (tertiary/aromatic N) is 1. The molecule has 2 aliphatic heterocycles. The zero-order valence-corrected chi connectivity index (χ0v) is 13.9. The Hall–Kier alpha value is -0.350. The number of likely N-dealkylation sites (tertiary alicyclic amines) is 1. The molecule has 1 spiro atoms. The fourth-order valence-corrected chi connectivity index (χ4v) is 3.68. The van der Waals surface area contributed by atoms with Crippen LogP contribution >= 0.6 is 24.8 Å². The number of rotatable bonds is 2. The summed E-state index contributed by atoms with van der Waals surface area (Å²) in [4.78, 5) is 2.45. The Bertz CT molecular complexity index is 431. The van der Waals surface area contributed by atoms with Crippen molar-refractivity contribution in [2.24, 2.45) is 5.41 Å². The highest BCUT2D eigenvalue weighted by molar-refractivity contribution is 5.85. The van der Waals surface area contributed by atoms with Crippen LogP contribution in [0.15, 0.2) is 24.3 Å². The first-order chi connectivity index (χ1) is 9.27. The topological polar surface area (TPSA) is 15.3 Å². The predicted octanol–water partition coefficient (Wildman–Crippen LogP) is 3.63. The molecule has 0 unspecified atom stereocenters. The SMILES string of the molecule is Cl.Cl.Fc1ccccc1CN1CCCC2(CCNCC2)C1. The normalized spacial score (nSPS) is 21.4. The Morgan fingerprint density at radius 3 is 2.52 bits per heavy atom. The van der Waals surface area contributed by atoms with Crippen molar-refractivity contribution < 1.29 is 4.39 Å². The number of hydrogen-bond acceptors (Lipinski definition) is 2. The van der Waals surface area contributed by atoms with Gasteiger partial charge in [-0.3, -0.25) is 4.90 Å². The zero-order valence-electron chi connectivity index (χ0n) is 12.3. The lowest BCUT2D eigenvalue weighted by Crippen LogP contribution is -2.48. The van der Waals surface area contributed by atoms with Gasteiger partial charge in [-0.2, -0.15) is 0 Å². The van der Waals surface area contributed by atoms with Crippen LogP contribution in [-0.2, 0) is 6.54 Å². The van der Waals surface area contributed by atoms with Gasteiger partial charge in [0, 0.05) is 18.7 Å². The number of nitrogens with one attached hydrogen (secondary N) is 1. The van der Waals surface area contributed by atoms with E-state index in [-0.39, 0.29) is 30.6 Å². The maximum atomic E-state index is 13.7. The van der Waals surface area contributed by atoms with Gasteiger partial charge in [-0.15, -0.1) is 24.8 Å². The van der Waals surface area contributed by atoms with Gasteiger partial charge in [0.2, 0.25) is 0 Å². The molecule has 5 heteroatoms. The van der Waals surface area contributed by atoms with E-state index in [1.165, 1.54) is 25.7 Å². The quantitative estimate of drug-likeness (QED) is 0.888. The molecule has 1 aromatic rings. The minimum atomic E-state index is -0.0626.